The molecule has 6 nitrogen and oxygen atoms in total. The van der Waals surface area contributed by atoms with E-state index in [4.69, 9.17) is 9.47 Å². The molecule has 1 aliphatic rings. The van der Waals surface area contributed by atoms with Gasteiger partial charge in [-0.3, -0.25) is 4.79 Å². The summed E-state index contributed by atoms with van der Waals surface area (Å²) >= 11 is 1.54. The Morgan fingerprint density at radius 3 is 2.63 bits per heavy atom. The Bertz CT molecular complexity index is 781. The van der Waals surface area contributed by atoms with Gasteiger partial charge in [-0.05, 0) is 59.7 Å². The first-order chi connectivity index (χ1) is 13.1. The fourth-order valence-electron chi connectivity index (χ4n) is 2.62. The summed E-state index contributed by atoms with van der Waals surface area (Å²) in [6.07, 6.45) is 2.10. The van der Waals surface area contributed by atoms with Crippen LogP contribution >= 0.6 is 11.3 Å². The molecule has 0 bridgehead atoms. The van der Waals surface area contributed by atoms with Crippen LogP contribution in [0, 0.1) is 0 Å². The lowest BCUT2D eigenvalue weighted by molar-refractivity contribution is -0.148. The number of hydrogen-bond acceptors (Lipinski definition) is 6. The molecule has 0 spiro atoms. The first-order valence-corrected chi connectivity index (χ1v) is 9.70. The summed E-state index contributed by atoms with van der Waals surface area (Å²) in [4.78, 5) is 26.3. The van der Waals surface area contributed by atoms with Gasteiger partial charge in [0.1, 0.15) is 0 Å². The van der Waals surface area contributed by atoms with Crippen molar-refractivity contribution < 1.29 is 19.1 Å². The third kappa shape index (κ3) is 5.67. The second kappa shape index (κ2) is 9.34. The van der Waals surface area contributed by atoms with Crippen molar-refractivity contribution in [1.29, 1.82) is 0 Å². The smallest absolute Gasteiger partial charge is 0.331 e. The molecule has 1 fully saturated rings. The minimum atomic E-state index is -0.886. The predicted molar refractivity (Wildman–Crippen MR) is 107 cm³/mol. The molecule has 2 heterocycles. The van der Waals surface area contributed by atoms with Crippen LogP contribution in [0.2, 0.25) is 0 Å². The standard InChI is InChI=1S/C20H22N2O4S/c1-15(26-19(23)7-2-16-8-13-27-14-16)20(24)21-17-3-5-18(6-4-17)22-9-11-25-12-10-22/h2-8,13-15H,9-12H2,1H3,(H,21,24)/b7-2+/t15-/m0/s1. The zero-order valence-corrected chi connectivity index (χ0v) is 15.9. The molecule has 2 aromatic rings. The van der Waals surface area contributed by atoms with Crippen LogP contribution in [0.25, 0.3) is 6.08 Å². The molecule has 1 atom stereocenters. The van der Waals surface area contributed by atoms with Crippen LogP contribution in [0.3, 0.4) is 0 Å². The van der Waals surface area contributed by atoms with Gasteiger partial charge in [-0.25, -0.2) is 4.79 Å². The molecule has 7 heteroatoms. The van der Waals surface area contributed by atoms with Crippen molar-refractivity contribution in [2.75, 3.05) is 36.5 Å². The van der Waals surface area contributed by atoms with Crippen LogP contribution in [0.15, 0.2) is 47.2 Å². The van der Waals surface area contributed by atoms with Gasteiger partial charge in [-0.2, -0.15) is 11.3 Å². The van der Waals surface area contributed by atoms with E-state index in [0.29, 0.717) is 5.69 Å². The van der Waals surface area contributed by atoms with E-state index in [2.05, 4.69) is 10.2 Å². The first-order valence-electron chi connectivity index (χ1n) is 8.76. The van der Waals surface area contributed by atoms with Gasteiger partial charge in [0.2, 0.25) is 0 Å². The van der Waals surface area contributed by atoms with E-state index in [1.807, 2.05) is 41.1 Å². The fourth-order valence-corrected chi connectivity index (χ4v) is 3.25. The molecule has 0 radical (unpaired) electrons. The van der Waals surface area contributed by atoms with Crippen molar-refractivity contribution in [3.63, 3.8) is 0 Å². The van der Waals surface area contributed by atoms with Gasteiger partial charge in [0.05, 0.1) is 13.2 Å². The maximum absolute atomic E-state index is 12.2. The van der Waals surface area contributed by atoms with Crippen LogP contribution in [-0.4, -0.2) is 44.3 Å². The molecule has 1 amide bonds. The highest BCUT2D eigenvalue weighted by molar-refractivity contribution is 7.08. The maximum atomic E-state index is 12.2. The number of amides is 1. The molecule has 3 rings (SSSR count). The van der Waals surface area contributed by atoms with E-state index in [1.54, 1.807) is 24.3 Å². The van der Waals surface area contributed by atoms with E-state index in [9.17, 15) is 9.59 Å². The average molecular weight is 386 g/mol. The van der Waals surface area contributed by atoms with Crippen molar-refractivity contribution in [2.24, 2.45) is 0 Å². The first kappa shape index (κ1) is 19.1. The molecule has 1 aromatic heterocycles. The highest BCUT2D eigenvalue weighted by Crippen LogP contribution is 2.19. The van der Waals surface area contributed by atoms with Crippen molar-refractivity contribution in [2.45, 2.75) is 13.0 Å². The van der Waals surface area contributed by atoms with Crippen LogP contribution in [0.1, 0.15) is 12.5 Å². The minimum Gasteiger partial charge on any atom is -0.449 e. The van der Waals surface area contributed by atoms with Crippen molar-refractivity contribution >= 4 is 40.7 Å². The molecule has 1 saturated heterocycles. The Hall–Kier alpha value is -2.64. The van der Waals surface area contributed by atoms with Crippen LogP contribution in [0.4, 0.5) is 11.4 Å². The minimum absolute atomic E-state index is 0.369. The number of nitrogens with one attached hydrogen (secondary N) is 1. The lowest BCUT2D eigenvalue weighted by Crippen LogP contribution is -2.36. The number of morpholine rings is 1. The Kier molecular flexibility index (Phi) is 6.62. The number of hydrogen-bond donors (Lipinski definition) is 1. The summed E-state index contributed by atoms with van der Waals surface area (Å²) in [5.41, 5.74) is 2.68. The number of carbonyl (C=O) groups is 2. The number of thiophene rings is 1. The highest BCUT2D eigenvalue weighted by Gasteiger charge is 2.17. The Labute approximate surface area is 162 Å². The zero-order valence-electron chi connectivity index (χ0n) is 15.1. The summed E-state index contributed by atoms with van der Waals surface area (Å²) in [5, 5.41) is 6.60. The van der Waals surface area contributed by atoms with Gasteiger partial charge >= 0.3 is 5.97 Å². The van der Waals surface area contributed by atoms with Crippen molar-refractivity contribution in [3.8, 4) is 0 Å². The molecule has 1 N–H and O–H groups in total. The normalized spacial score (nSPS) is 15.5. The van der Waals surface area contributed by atoms with E-state index >= 15 is 0 Å². The van der Waals surface area contributed by atoms with E-state index in [0.717, 1.165) is 37.6 Å². The van der Waals surface area contributed by atoms with Gasteiger partial charge in [0, 0.05) is 30.5 Å². The lowest BCUT2D eigenvalue weighted by Gasteiger charge is -2.28. The number of anilines is 2. The quantitative estimate of drug-likeness (QED) is 0.610. The van der Waals surface area contributed by atoms with Gasteiger partial charge in [-0.1, -0.05) is 0 Å². The highest BCUT2D eigenvalue weighted by atomic mass is 32.1. The molecular formula is C20H22N2O4S. The summed E-state index contributed by atoms with van der Waals surface area (Å²) in [5.74, 6) is -0.919. The SMILES string of the molecule is C[C@H](OC(=O)/C=C/c1ccsc1)C(=O)Nc1ccc(N2CCOCC2)cc1. The van der Waals surface area contributed by atoms with Gasteiger partial charge in [0.25, 0.3) is 5.91 Å². The Balaban J connectivity index is 1.49. The van der Waals surface area contributed by atoms with Crippen LogP contribution in [0.5, 0.6) is 0 Å². The number of carbonyl (C=O) groups excluding carboxylic acids is 2. The van der Waals surface area contributed by atoms with Crippen molar-refractivity contribution in [1.82, 2.24) is 0 Å². The predicted octanol–water partition coefficient (Wildman–Crippen LogP) is 3.17. The number of benzene rings is 1. The van der Waals surface area contributed by atoms with Crippen LogP contribution < -0.4 is 10.2 Å². The van der Waals surface area contributed by atoms with Crippen molar-refractivity contribution in [3.05, 3.63) is 52.7 Å². The molecule has 1 aromatic carbocycles. The Morgan fingerprint density at radius 1 is 1.22 bits per heavy atom. The molecule has 27 heavy (non-hydrogen) atoms. The Morgan fingerprint density at radius 2 is 1.96 bits per heavy atom. The lowest BCUT2D eigenvalue weighted by atomic mass is 10.2. The summed E-state index contributed by atoms with van der Waals surface area (Å²) in [6, 6.07) is 9.50. The van der Waals surface area contributed by atoms with E-state index < -0.39 is 12.1 Å². The largest absolute Gasteiger partial charge is 0.449 e. The second-order valence-electron chi connectivity index (χ2n) is 6.10. The molecular weight excluding hydrogens is 364 g/mol. The summed E-state index contributed by atoms with van der Waals surface area (Å²) in [7, 11) is 0. The topological polar surface area (TPSA) is 67.9 Å². The van der Waals surface area contributed by atoms with E-state index in [-0.39, 0.29) is 5.91 Å². The molecule has 0 unspecified atom stereocenters. The number of nitrogens with zero attached hydrogens (tertiary/aromatic N) is 1. The number of rotatable bonds is 6. The summed E-state index contributed by atoms with van der Waals surface area (Å²) in [6.45, 7) is 4.72. The van der Waals surface area contributed by atoms with Gasteiger partial charge < -0.3 is 19.7 Å². The molecule has 0 saturated carbocycles. The molecule has 0 aliphatic carbocycles. The fraction of sp³-hybridized carbons (Fsp3) is 0.300. The molecule has 142 valence electrons. The number of ether oxygens (including phenoxy) is 2. The van der Waals surface area contributed by atoms with E-state index in [1.165, 1.54) is 6.08 Å². The third-order valence-electron chi connectivity index (χ3n) is 4.13. The van der Waals surface area contributed by atoms with Crippen LogP contribution in [-0.2, 0) is 19.1 Å². The molecule has 1 aliphatic heterocycles. The number of esters is 1. The monoisotopic (exact) mass is 386 g/mol. The second-order valence-corrected chi connectivity index (χ2v) is 6.88. The maximum Gasteiger partial charge on any atom is 0.331 e. The van der Waals surface area contributed by atoms with Gasteiger partial charge in [0.15, 0.2) is 6.10 Å². The zero-order chi connectivity index (χ0) is 19.1. The average Bonchev–Trinajstić information content (AvgIpc) is 3.21. The van der Waals surface area contributed by atoms with Gasteiger partial charge in [-0.15, -0.1) is 0 Å². The summed E-state index contributed by atoms with van der Waals surface area (Å²) < 4.78 is 10.5. The third-order valence-corrected chi connectivity index (χ3v) is 4.83.